The van der Waals surface area contributed by atoms with E-state index < -0.39 is 0 Å². The quantitative estimate of drug-likeness (QED) is 0.182. The highest BCUT2D eigenvalue weighted by molar-refractivity contribution is 5.99. The zero-order valence-electron chi connectivity index (χ0n) is 25.9. The number of benzene rings is 6. The molecule has 2 aliphatic carbocycles. The molecule has 6 aromatic carbocycles. The van der Waals surface area contributed by atoms with E-state index in [1.807, 2.05) is 0 Å². The van der Waals surface area contributed by atoms with Crippen LogP contribution in [-0.2, 0) is 0 Å². The first-order valence-electron chi connectivity index (χ1n) is 16.3. The number of anilines is 5. The molecule has 0 atom stereocenters. The van der Waals surface area contributed by atoms with Gasteiger partial charge in [0.15, 0.2) is 0 Å². The van der Waals surface area contributed by atoms with Gasteiger partial charge in [0.05, 0.1) is 5.69 Å². The molecule has 0 N–H and O–H groups in total. The van der Waals surface area contributed by atoms with Gasteiger partial charge in [0, 0.05) is 33.8 Å². The van der Waals surface area contributed by atoms with Crippen molar-refractivity contribution in [1.29, 1.82) is 0 Å². The summed E-state index contributed by atoms with van der Waals surface area (Å²) in [7, 11) is 0. The van der Waals surface area contributed by atoms with E-state index in [9.17, 15) is 0 Å². The van der Waals surface area contributed by atoms with Gasteiger partial charge in [-0.2, -0.15) is 0 Å². The fraction of sp³-hybridized carbons (Fsp3) is 0.0909. The van der Waals surface area contributed by atoms with Crippen molar-refractivity contribution in [2.24, 2.45) is 0 Å². The van der Waals surface area contributed by atoms with E-state index in [0.717, 1.165) is 37.1 Å². The van der Waals surface area contributed by atoms with E-state index >= 15 is 0 Å². The summed E-state index contributed by atoms with van der Waals surface area (Å²) in [4.78, 5) is 4.80. The zero-order valence-corrected chi connectivity index (χ0v) is 25.9. The maximum Gasteiger partial charge on any atom is 0.0540 e. The minimum Gasteiger partial charge on any atom is -0.311 e. The van der Waals surface area contributed by atoms with E-state index in [-0.39, 0.29) is 0 Å². The Hall–Kier alpha value is -5.60. The average molecular weight is 593 g/mol. The molecule has 2 aliphatic rings. The van der Waals surface area contributed by atoms with Gasteiger partial charge in [-0.05, 0) is 108 Å². The van der Waals surface area contributed by atoms with E-state index in [4.69, 9.17) is 0 Å². The van der Waals surface area contributed by atoms with Gasteiger partial charge < -0.3 is 9.80 Å². The Kier molecular flexibility index (Phi) is 7.54. The van der Waals surface area contributed by atoms with E-state index in [0.29, 0.717) is 0 Å². The third-order valence-corrected chi connectivity index (χ3v) is 9.19. The number of fused-ring (bicyclic) bond motifs is 1. The van der Waals surface area contributed by atoms with E-state index in [2.05, 4.69) is 180 Å². The van der Waals surface area contributed by atoms with Crippen molar-refractivity contribution in [3.05, 3.63) is 187 Å². The predicted molar refractivity (Wildman–Crippen MR) is 195 cm³/mol. The number of allylic oxidation sites excluding steroid dienone is 5. The molecule has 0 bridgehead atoms. The molecule has 0 radical (unpaired) electrons. The van der Waals surface area contributed by atoms with Crippen LogP contribution in [0.15, 0.2) is 187 Å². The molecule has 0 amide bonds. The molecule has 0 unspecified atom stereocenters. The maximum absolute atomic E-state index is 2.45. The number of hydrogen-bond donors (Lipinski definition) is 0. The molecule has 8 rings (SSSR count). The second-order valence-electron chi connectivity index (χ2n) is 12.0. The van der Waals surface area contributed by atoms with Crippen molar-refractivity contribution >= 4 is 39.2 Å². The Morgan fingerprint density at radius 1 is 0.435 bits per heavy atom. The second kappa shape index (κ2) is 12.4. The summed E-state index contributed by atoms with van der Waals surface area (Å²) in [5, 5.41) is 2.47. The lowest BCUT2D eigenvalue weighted by Gasteiger charge is -2.33. The molecular weight excluding hydrogens is 556 g/mol. The SMILES string of the molecule is C1=CC2=C(CC1)C(N(c1ccccc1)c1ccc(-c3ccc(N(c4ccccc4)c4cccc5ccccc45)cc3)cc1)=CCC2. The second-order valence-corrected chi connectivity index (χ2v) is 12.0. The summed E-state index contributed by atoms with van der Waals surface area (Å²) in [6.07, 6.45) is 11.5. The van der Waals surface area contributed by atoms with E-state index in [1.54, 1.807) is 0 Å². The van der Waals surface area contributed by atoms with Gasteiger partial charge in [-0.3, -0.25) is 0 Å². The van der Waals surface area contributed by atoms with Crippen LogP contribution in [0.25, 0.3) is 21.9 Å². The Morgan fingerprint density at radius 3 is 1.70 bits per heavy atom. The van der Waals surface area contributed by atoms with Crippen LogP contribution in [0.1, 0.15) is 25.7 Å². The summed E-state index contributed by atoms with van der Waals surface area (Å²) in [6.45, 7) is 0. The summed E-state index contributed by atoms with van der Waals surface area (Å²) < 4.78 is 0. The van der Waals surface area contributed by atoms with Crippen LogP contribution in [0.3, 0.4) is 0 Å². The van der Waals surface area contributed by atoms with Crippen molar-refractivity contribution in [1.82, 2.24) is 0 Å². The molecule has 0 fully saturated rings. The maximum atomic E-state index is 2.45. The molecule has 0 saturated carbocycles. The molecule has 46 heavy (non-hydrogen) atoms. The topological polar surface area (TPSA) is 6.48 Å². The van der Waals surface area contributed by atoms with Crippen LogP contribution in [0.2, 0.25) is 0 Å². The number of rotatable bonds is 7. The first-order valence-corrected chi connectivity index (χ1v) is 16.3. The lowest BCUT2D eigenvalue weighted by atomic mass is 9.87. The van der Waals surface area contributed by atoms with Gasteiger partial charge >= 0.3 is 0 Å². The molecule has 6 aromatic rings. The Labute approximate surface area is 271 Å². The average Bonchev–Trinajstić information content (AvgIpc) is 3.14. The molecule has 2 heteroatoms. The lowest BCUT2D eigenvalue weighted by Crippen LogP contribution is -2.21. The van der Waals surface area contributed by atoms with Gasteiger partial charge in [0.2, 0.25) is 0 Å². The van der Waals surface area contributed by atoms with Crippen molar-refractivity contribution in [3.63, 3.8) is 0 Å². The highest BCUT2D eigenvalue weighted by Gasteiger charge is 2.24. The van der Waals surface area contributed by atoms with Crippen molar-refractivity contribution < 1.29 is 0 Å². The first kappa shape index (κ1) is 27.9. The summed E-state index contributed by atoms with van der Waals surface area (Å²) in [6, 6.07) is 54.6. The highest BCUT2D eigenvalue weighted by Crippen LogP contribution is 2.42. The number of nitrogens with zero attached hydrogens (tertiary/aromatic N) is 2. The van der Waals surface area contributed by atoms with Gasteiger partial charge in [0.25, 0.3) is 0 Å². The first-order chi connectivity index (χ1) is 22.8. The third-order valence-electron chi connectivity index (χ3n) is 9.19. The third kappa shape index (κ3) is 5.33. The minimum atomic E-state index is 1.07. The zero-order chi connectivity index (χ0) is 30.7. The minimum absolute atomic E-state index is 1.07. The van der Waals surface area contributed by atoms with Gasteiger partial charge in [-0.25, -0.2) is 0 Å². The number of hydrogen-bond acceptors (Lipinski definition) is 2. The molecular formula is C44H36N2. The standard InChI is InChI=1S/C44H36N2/c1-3-17-37(18-4-1)45(43-23-11-15-35-13-7-9-21-41(35)43)39-29-25-33(26-30-39)34-27-31-40(32-28-34)46(38-19-5-2-6-20-38)44-24-12-16-36-14-8-10-22-42(36)44/h1-9,11,13-15,17-21,23-32H,10,12,16,22H2. The normalized spacial score (nSPS) is 14.1. The van der Waals surface area contributed by atoms with Gasteiger partial charge in [-0.15, -0.1) is 0 Å². The molecule has 222 valence electrons. The van der Waals surface area contributed by atoms with Crippen LogP contribution in [0.5, 0.6) is 0 Å². The molecule has 0 aliphatic heterocycles. The Balaban J connectivity index is 1.14. The fourth-order valence-corrected chi connectivity index (χ4v) is 6.97. The summed E-state index contributed by atoms with van der Waals surface area (Å²) in [5.41, 5.74) is 12.6. The highest BCUT2D eigenvalue weighted by atomic mass is 15.2. The fourth-order valence-electron chi connectivity index (χ4n) is 6.97. The summed E-state index contributed by atoms with van der Waals surface area (Å²) in [5.74, 6) is 0. The van der Waals surface area contributed by atoms with Crippen molar-refractivity contribution in [2.45, 2.75) is 25.7 Å². The predicted octanol–water partition coefficient (Wildman–Crippen LogP) is 12.4. The van der Waals surface area contributed by atoms with Crippen LogP contribution < -0.4 is 9.80 Å². The number of para-hydroxylation sites is 2. The Bertz CT molecular complexity index is 2060. The van der Waals surface area contributed by atoms with Crippen molar-refractivity contribution in [3.8, 4) is 11.1 Å². The van der Waals surface area contributed by atoms with Crippen LogP contribution in [-0.4, -0.2) is 0 Å². The molecule has 0 saturated heterocycles. The smallest absolute Gasteiger partial charge is 0.0540 e. The molecule has 0 spiro atoms. The van der Waals surface area contributed by atoms with Crippen molar-refractivity contribution in [2.75, 3.05) is 9.80 Å². The Morgan fingerprint density at radius 2 is 1.00 bits per heavy atom. The van der Waals surface area contributed by atoms with Crippen LogP contribution in [0.4, 0.5) is 28.4 Å². The van der Waals surface area contributed by atoms with Crippen LogP contribution in [0, 0.1) is 0 Å². The molecule has 0 aromatic heterocycles. The summed E-state index contributed by atoms with van der Waals surface area (Å²) >= 11 is 0. The molecule has 2 nitrogen and oxygen atoms in total. The van der Waals surface area contributed by atoms with Gasteiger partial charge in [0.1, 0.15) is 0 Å². The lowest BCUT2D eigenvalue weighted by molar-refractivity contribution is 0.847. The van der Waals surface area contributed by atoms with Crippen LogP contribution >= 0.6 is 0 Å². The largest absolute Gasteiger partial charge is 0.311 e. The van der Waals surface area contributed by atoms with Gasteiger partial charge in [-0.1, -0.05) is 115 Å². The van der Waals surface area contributed by atoms with E-state index in [1.165, 1.54) is 55.8 Å². The molecule has 0 heterocycles. The monoisotopic (exact) mass is 592 g/mol.